The normalized spacial score (nSPS) is 13.9. The van der Waals surface area contributed by atoms with Crippen molar-refractivity contribution in [2.75, 3.05) is 5.75 Å². The summed E-state index contributed by atoms with van der Waals surface area (Å²) >= 11 is 0. The molecule has 78 valence electrons. The van der Waals surface area contributed by atoms with Gasteiger partial charge in [-0.25, -0.2) is 0 Å². The van der Waals surface area contributed by atoms with E-state index in [0.717, 1.165) is 11.1 Å². The molecular weight excluding hydrogens is 203 g/mol. The molecule has 0 saturated heterocycles. The van der Waals surface area contributed by atoms with Gasteiger partial charge in [0.15, 0.2) is 0 Å². The zero-order valence-electron chi connectivity index (χ0n) is 8.20. The Hall–Kier alpha value is -0.900. The molecule has 0 amide bonds. The molecule has 1 rings (SSSR count). The Morgan fingerprint density at radius 1 is 1.43 bits per heavy atom. The molecule has 1 atom stereocenters. The van der Waals surface area contributed by atoms with Crippen LogP contribution in [0.5, 0.6) is 0 Å². The summed E-state index contributed by atoms with van der Waals surface area (Å²) in [6, 6.07) is 7.44. The third kappa shape index (κ3) is 3.46. The van der Waals surface area contributed by atoms with Crippen LogP contribution in [0.15, 0.2) is 24.3 Å². The first kappa shape index (κ1) is 11.2. The molecule has 1 aromatic carbocycles. The highest BCUT2D eigenvalue weighted by Gasteiger charge is 2.15. The largest absolute Gasteiger partial charge is 0.303 e. The summed E-state index contributed by atoms with van der Waals surface area (Å²) in [5, 5.41) is 0. The molecule has 0 saturated carbocycles. The van der Waals surface area contributed by atoms with Crippen LogP contribution in [0, 0.1) is 6.92 Å². The van der Waals surface area contributed by atoms with Crippen molar-refractivity contribution in [1.29, 1.82) is 0 Å². The fourth-order valence-corrected chi connectivity index (χ4v) is 2.16. The van der Waals surface area contributed by atoms with Crippen LogP contribution in [0.4, 0.5) is 3.89 Å². The predicted molar refractivity (Wildman–Crippen MR) is 54.5 cm³/mol. The second-order valence-electron chi connectivity index (χ2n) is 3.52. The minimum atomic E-state index is -4.38. The fraction of sp³-hybridized carbons (Fsp3) is 0.400. The smallest absolute Gasteiger partial charge is 0.195 e. The van der Waals surface area contributed by atoms with Gasteiger partial charge in [0.1, 0.15) is 0 Å². The summed E-state index contributed by atoms with van der Waals surface area (Å²) in [5.41, 5.74) is 1.90. The van der Waals surface area contributed by atoms with Gasteiger partial charge in [-0.2, -0.15) is 8.42 Å². The molecule has 0 aliphatic carbocycles. The molecule has 4 heteroatoms. The molecule has 1 aromatic rings. The third-order valence-corrected chi connectivity index (χ3v) is 2.96. The summed E-state index contributed by atoms with van der Waals surface area (Å²) in [7, 11) is -4.38. The Morgan fingerprint density at radius 3 is 2.57 bits per heavy atom. The van der Waals surface area contributed by atoms with Crippen LogP contribution in [0.25, 0.3) is 0 Å². The summed E-state index contributed by atoms with van der Waals surface area (Å²) < 4.78 is 33.3. The monoisotopic (exact) mass is 216 g/mol. The van der Waals surface area contributed by atoms with Gasteiger partial charge in [-0.05, 0) is 18.4 Å². The Kier molecular flexibility index (Phi) is 3.26. The van der Waals surface area contributed by atoms with Crippen LogP contribution < -0.4 is 0 Å². The summed E-state index contributed by atoms with van der Waals surface area (Å²) in [6.07, 6.45) is 0. The highest BCUT2D eigenvalue weighted by molar-refractivity contribution is 7.86. The molecule has 0 N–H and O–H groups in total. The number of halogens is 1. The van der Waals surface area contributed by atoms with E-state index in [9.17, 15) is 12.3 Å². The molecule has 1 unspecified atom stereocenters. The van der Waals surface area contributed by atoms with Gasteiger partial charge in [-0.3, -0.25) is 0 Å². The highest BCUT2D eigenvalue weighted by atomic mass is 32.3. The van der Waals surface area contributed by atoms with E-state index in [1.165, 1.54) is 0 Å². The lowest BCUT2D eigenvalue weighted by molar-refractivity contribution is 0.546. The van der Waals surface area contributed by atoms with Crippen LogP contribution in [-0.2, 0) is 10.2 Å². The standard InChI is InChI=1S/C10H13FO2S/c1-8-4-3-5-10(6-8)9(2)7-14(11,12)13/h3-6,9H,7H2,1-2H3. The summed E-state index contributed by atoms with van der Waals surface area (Å²) in [4.78, 5) is 0. The maximum Gasteiger partial charge on any atom is 0.303 e. The van der Waals surface area contributed by atoms with Gasteiger partial charge in [0.25, 0.3) is 0 Å². The molecule has 0 radical (unpaired) electrons. The summed E-state index contributed by atoms with van der Waals surface area (Å²) in [6.45, 7) is 3.62. The first-order valence-corrected chi connectivity index (χ1v) is 5.92. The first-order chi connectivity index (χ1) is 6.38. The van der Waals surface area contributed by atoms with E-state index in [1.54, 1.807) is 6.92 Å². The topological polar surface area (TPSA) is 34.1 Å². The van der Waals surface area contributed by atoms with Gasteiger partial charge < -0.3 is 0 Å². The predicted octanol–water partition coefficient (Wildman–Crippen LogP) is 2.40. The molecule has 0 aliphatic rings. The van der Waals surface area contributed by atoms with Crippen molar-refractivity contribution in [3.8, 4) is 0 Å². The van der Waals surface area contributed by atoms with Gasteiger partial charge in [-0.15, -0.1) is 3.89 Å². The van der Waals surface area contributed by atoms with E-state index >= 15 is 0 Å². The Labute approximate surface area is 84.0 Å². The molecule has 0 bridgehead atoms. The zero-order valence-corrected chi connectivity index (χ0v) is 9.01. The molecule has 0 aromatic heterocycles. The van der Waals surface area contributed by atoms with Crippen molar-refractivity contribution < 1.29 is 12.3 Å². The molecule has 0 heterocycles. The van der Waals surface area contributed by atoms with Crippen LogP contribution in [-0.4, -0.2) is 14.2 Å². The van der Waals surface area contributed by atoms with Gasteiger partial charge in [-0.1, -0.05) is 36.8 Å². The average molecular weight is 216 g/mol. The van der Waals surface area contributed by atoms with E-state index in [2.05, 4.69) is 0 Å². The van der Waals surface area contributed by atoms with Gasteiger partial charge >= 0.3 is 10.2 Å². The van der Waals surface area contributed by atoms with E-state index in [1.807, 2.05) is 31.2 Å². The van der Waals surface area contributed by atoms with E-state index < -0.39 is 16.0 Å². The number of hydrogen-bond donors (Lipinski definition) is 0. The van der Waals surface area contributed by atoms with Crippen LogP contribution >= 0.6 is 0 Å². The fourth-order valence-electron chi connectivity index (χ4n) is 1.37. The van der Waals surface area contributed by atoms with Gasteiger partial charge in [0, 0.05) is 0 Å². The Bertz CT molecular complexity index is 412. The van der Waals surface area contributed by atoms with E-state index in [0.29, 0.717) is 0 Å². The number of hydrogen-bond acceptors (Lipinski definition) is 2. The third-order valence-electron chi connectivity index (χ3n) is 2.06. The quantitative estimate of drug-likeness (QED) is 0.727. The second-order valence-corrected chi connectivity index (χ2v) is 4.93. The van der Waals surface area contributed by atoms with Gasteiger partial charge in [0.2, 0.25) is 0 Å². The minimum Gasteiger partial charge on any atom is -0.195 e. The van der Waals surface area contributed by atoms with Gasteiger partial charge in [0.05, 0.1) is 5.75 Å². The molecule has 0 fully saturated rings. The van der Waals surface area contributed by atoms with Crippen molar-refractivity contribution in [2.24, 2.45) is 0 Å². The van der Waals surface area contributed by atoms with Crippen molar-refractivity contribution in [3.63, 3.8) is 0 Å². The molecule has 0 spiro atoms. The summed E-state index contributed by atoms with van der Waals surface area (Å²) in [5.74, 6) is -0.749. The molecular formula is C10H13FO2S. The molecule has 0 aliphatic heterocycles. The van der Waals surface area contributed by atoms with Crippen LogP contribution in [0.1, 0.15) is 24.0 Å². The Morgan fingerprint density at radius 2 is 2.07 bits per heavy atom. The van der Waals surface area contributed by atoms with Crippen LogP contribution in [0.3, 0.4) is 0 Å². The zero-order chi connectivity index (χ0) is 10.8. The maximum atomic E-state index is 12.4. The lowest BCUT2D eigenvalue weighted by atomic mass is 10.0. The van der Waals surface area contributed by atoms with Crippen molar-refractivity contribution in [3.05, 3.63) is 35.4 Å². The van der Waals surface area contributed by atoms with Crippen molar-refractivity contribution >= 4 is 10.2 Å². The lowest BCUT2D eigenvalue weighted by Gasteiger charge is -2.09. The Balaban J connectivity index is 2.85. The second kappa shape index (κ2) is 4.09. The van der Waals surface area contributed by atoms with E-state index in [4.69, 9.17) is 0 Å². The van der Waals surface area contributed by atoms with Crippen molar-refractivity contribution in [1.82, 2.24) is 0 Å². The SMILES string of the molecule is Cc1cccc(C(C)CS(=O)(=O)F)c1. The van der Waals surface area contributed by atoms with E-state index in [-0.39, 0.29) is 5.92 Å². The molecule has 14 heavy (non-hydrogen) atoms. The average Bonchev–Trinajstić information content (AvgIpc) is 2.01. The lowest BCUT2D eigenvalue weighted by Crippen LogP contribution is -2.07. The highest BCUT2D eigenvalue weighted by Crippen LogP contribution is 2.18. The maximum absolute atomic E-state index is 12.4. The minimum absolute atomic E-state index is 0.301. The molecule has 2 nitrogen and oxygen atoms in total. The first-order valence-electron chi connectivity index (χ1n) is 4.37. The van der Waals surface area contributed by atoms with Crippen molar-refractivity contribution in [2.45, 2.75) is 19.8 Å². The number of benzene rings is 1. The number of rotatable bonds is 3. The van der Waals surface area contributed by atoms with Crippen LogP contribution in [0.2, 0.25) is 0 Å². The number of aryl methyl sites for hydroxylation is 1.